The number of carbonyl (C=O) groups is 1. The number of methoxy groups -OCH3 is 1. The van der Waals surface area contributed by atoms with Crippen LogP contribution in [0.25, 0.3) is 5.69 Å². The minimum absolute atomic E-state index is 0.152. The van der Waals surface area contributed by atoms with E-state index in [4.69, 9.17) is 4.74 Å². The molecule has 25 heavy (non-hydrogen) atoms. The van der Waals surface area contributed by atoms with E-state index in [1.807, 2.05) is 25.1 Å². The van der Waals surface area contributed by atoms with Crippen molar-refractivity contribution < 1.29 is 9.53 Å². The largest absolute Gasteiger partial charge is 0.494 e. The van der Waals surface area contributed by atoms with Gasteiger partial charge in [-0.1, -0.05) is 6.07 Å². The zero-order valence-corrected chi connectivity index (χ0v) is 14.8. The number of piperazine rings is 1. The van der Waals surface area contributed by atoms with Crippen molar-refractivity contribution in [1.29, 1.82) is 0 Å². The molecule has 0 saturated carbocycles. The molecule has 2 N–H and O–H groups in total. The van der Waals surface area contributed by atoms with Crippen LogP contribution in [0, 0.1) is 6.92 Å². The standard InChI is InChI=1S/C18H25N5O2/c1-14-3-4-17(25-2)16(13-14)23-9-5-15(21-23)18(24)20-8-12-22-10-6-19-7-11-22/h3-5,9,13,19H,6-8,10-12H2,1-2H3,(H,20,24). The van der Waals surface area contributed by atoms with Crippen molar-refractivity contribution >= 4 is 5.91 Å². The number of nitrogens with one attached hydrogen (secondary N) is 2. The van der Waals surface area contributed by atoms with Crippen molar-refractivity contribution in [1.82, 2.24) is 25.3 Å². The molecule has 3 rings (SSSR count). The predicted octanol–water partition coefficient (Wildman–Crippen LogP) is 0.824. The van der Waals surface area contributed by atoms with Crippen molar-refractivity contribution in [2.24, 2.45) is 0 Å². The Kier molecular flexibility index (Phi) is 5.67. The van der Waals surface area contributed by atoms with Gasteiger partial charge in [-0.15, -0.1) is 0 Å². The lowest BCUT2D eigenvalue weighted by Crippen LogP contribution is -2.46. The van der Waals surface area contributed by atoms with E-state index >= 15 is 0 Å². The lowest BCUT2D eigenvalue weighted by atomic mass is 10.2. The fourth-order valence-electron chi connectivity index (χ4n) is 2.91. The number of hydrogen-bond donors (Lipinski definition) is 2. The second kappa shape index (κ2) is 8.13. The zero-order valence-electron chi connectivity index (χ0n) is 14.8. The van der Waals surface area contributed by atoms with E-state index < -0.39 is 0 Å². The Morgan fingerprint density at radius 3 is 2.88 bits per heavy atom. The van der Waals surface area contributed by atoms with Crippen LogP contribution >= 0.6 is 0 Å². The molecular weight excluding hydrogens is 318 g/mol. The van der Waals surface area contributed by atoms with Gasteiger partial charge >= 0.3 is 0 Å². The third kappa shape index (κ3) is 4.37. The second-order valence-electron chi connectivity index (χ2n) is 6.17. The Balaban J connectivity index is 1.61. The lowest BCUT2D eigenvalue weighted by Gasteiger charge is -2.26. The average Bonchev–Trinajstić information content (AvgIpc) is 3.12. The topological polar surface area (TPSA) is 71.4 Å². The number of carbonyl (C=O) groups excluding carboxylic acids is 1. The summed E-state index contributed by atoms with van der Waals surface area (Å²) in [6.45, 7) is 7.57. The molecule has 7 nitrogen and oxygen atoms in total. The van der Waals surface area contributed by atoms with Gasteiger partial charge in [0.25, 0.3) is 5.91 Å². The first-order valence-corrected chi connectivity index (χ1v) is 8.59. The Bertz CT molecular complexity index is 722. The van der Waals surface area contributed by atoms with E-state index in [1.54, 1.807) is 24.1 Å². The van der Waals surface area contributed by atoms with E-state index in [0.717, 1.165) is 49.7 Å². The van der Waals surface area contributed by atoms with E-state index in [2.05, 4.69) is 20.6 Å². The predicted molar refractivity (Wildman–Crippen MR) is 96.5 cm³/mol. The van der Waals surface area contributed by atoms with Gasteiger partial charge in [0, 0.05) is 45.5 Å². The fraction of sp³-hybridized carbons (Fsp3) is 0.444. The molecule has 0 unspecified atom stereocenters. The summed E-state index contributed by atoms with van der Waals surface area (Å²) >= 11 is 0. The average molecular weight is 343 g/mol. The maximum atomic E-state index is 12.3. The highest BCUT2D eigenvalue weighted by molar-refractivity contribution is 5.92. The van der Waals surface area contributed by atoms with Gasteiger partial charge in [-0.2, -0.15) is 5.10 Å². The van der Waals surface area contributed by atoms with Gasteiger partial charge in [0.15, 0.2) is 5.69 Å². The van der Waals surface area contributed by atoms with Crippen LogP contribution in [0.2, 0.25) is 0 Å². The number of amides is 1. The SMILES string of the molecule is COc1ccc(C)cc1-n1ccc(C(=O)NCCN2CCNCC2)n1. The fourth-order valence-corrected chi connectivity index (χ4v) is 2.91. The van der Waals surface area contributed by atoms with E-state index in [9.17, 15) is 4.79 Å². The third-order valence-corrected chi connectivity index (χ3v) is 4.33. The molecule has 1 aromatic heterocycles. The molecule has 1 amide bonds. The van der Waals surface area contributed by atoms with Gasteiger partial charge in [-0.05, 0) is 30.7 Å². The van der Waals surface area contributed by atoms with Gasteiger partial charge in [0.2, 0.25) is 0 Å². The summed E-state index contributed by atoms with van der Waals surface area (Å²) in [7, 11) is 1.63. The molecule has 0 aliphatic carbocycles. The van der Waals surface area contributed by atoms with Gasteiger partial charge in [0.1, 0.15) is 11.4 Å². The molecule has 7 heteroatoms. The van der Waals surface area contributed by atoms with Gasteiger partial charge < -0.3 is 15.4 Å². The molecule has 1 fully saturated rings. The van der Waals surface area contributed by atoms with E-state index in [-0.39, 0.29) is 5.91 Å². The zero-order chi connectivity index (χ0) is 17.6. The van der Waals surface area contributed by atoms with Crippen molar-refractivity contribution in [2.45, 2.75) is 6.92 Å². The highest BCUT2D eigenvalue weighted by atomic mass is 16.5. The van der Waals surface area contributed by atoms with E-state index in [1.165, 1.54) is 0 Å². The van der Waals surface area contributed by atoms with Crippen LogP contribution in [0.1, 0.15) is 16.1 Å². The number of hydrogen-bond acceptors (Lipinski definition) is 5. The number of ether oxygens (including phenoxy) is 1. The molecule has 0 atom stereocenters. The van der Waals surface area contributed by atoms with E-state index in [0.29, 0.717) is 12.2 Å². The van der Waals surface area contributed by atoms with Crippen LogP contribution in [0.15, 0.2) is 30.5 Å². The first-order chi connectivity index (χ1) is 12.2. The first-order valence-electron chi connectivity index (χ1n) is 8.59. The molecule has 0 bridgehead atoms. The molecular formula is C18H25N5O2. The Morgan fingerprint density at radius 2 is 2.12 bits per heavy atom. The van der Waals surface area contributed by atoms with Crippen LogP contribution < -0.4 is 15.4 Å². The molecule has 2 heterocycles. The molecule has 134 valence electrons. The monoisotopic (exact) mass is 343 g/mol. The number of rotatable bonds is 6. The Labute approximate surface area is 148 Å². The molecule has 2 aromatic rings. The Morgan fingerprint density at radius 1 is 1.32 bits per heavy atom. The van der Waals surface area contributed by atoms with Crippen LogP contribution in [-0.2, 0) is 0 Å². The van der Waals surface area contributed by atoms with Crippen LogP contribution in [0.4, 0.5) is 0 Å². The normalized spacial score (nSPS) is 15.1. The van der Waals surface area contributed by atoms with Crippen molar-refractivity contribution in [3.8, 4) is 11.4 Å². The van der Waals surface area contributed by atoms with Gasteiger partial charge in [0.05, 0.1) is 7.11 Å². The molecule has 0 spiro atoms. The summed E-state index contributed by atoms with van der Waals surface area (Å²) in [6, 6.07) is 7.59. The van der Waals surface area contributed by atoms with Crippen LogP contribution in [0.5, 0.6) is 5.75 Å². The summed E-state index contributed by atoms with van der Waals surface area (Å²) in [6.07, 6.45) is 1.78. The summed E-state index contributed by atoms with van der Waals surface area (Å²) < 4.78 is 7.06. The van der Waals surface area contributed by atoms with Crippen LogP contribution in [0.3, 0.4) is 0 Å². The minimum atomic E-state index is -0.152. The highest BCUT2D eigenvalue weighted by Crippen LogP contribution is 2.23. The van der Waals surface area contributed by atoms with Crippen LogP contribution in [-0.4, -0.2) is 67.0 Å². The molecule has 1 aliphatic heterocycles. The first kappa shape index (κ1) is 17.4. The number of aryl methyl sites for hydroxylation is 1. The van der Waals surface area contributed by atoms with Crippen molar-refractivity contribution in [3.63, 3.8) is 0 Å². The maximum absolute atomic E-state index is 12.3. The summed E-state index contributed by atoms with van der Waals surface area (Å²) in [5.74, 6) is 0.569. The molecule has 0 radical (unpaired) electrons. The number of aromatic nitrogens is 2. The summed E-state index contributed by atoms with van der Waals surface area (Å²) in [4.78, 5) is 14.6. The molecule has 1 aliphatic rings. The second-order valence-corrected chi connectivity index (χ2v) is 6.17. The Hall–Kier alpha value is -2.38. The smallest absolute Gasteiger partial charge is 0.271 e. The minimum Gasteiger partial charge on any atom is -0.494 e. The number of benzene rings is 1. The van der Waals surface area contributed by atoms with Crippen molar-refractivity contribution in [2.75, 3.05) is 46.4 Å². The van der Waals surface area contributed by atoms with Crippen molar-refractivity contribution in [3.05, 3.63) is 41.7 Å². The summed E-state index contributed by atoms with van der Waals surface area (Å²) in [5, 5.41) is 10.7. The van der Waals surface area contributed by atoms with Gasteiger partial charge in [-0.3, -0.25) is 9.69 Å². The molecule has 1 saturated heterocycles. The highest BCUT2D eigenvalue weighted by Gasteiger charge is 2.14. The maximum Gasteiger partial charge on any atom is 0.271 e. The number of nitrogens with zero attached hydrogens (tertiary/aromatic N) is 3. The quantitative estimate of drug-likeness (QED) is 0.813. The summed E-state index contributed by atoms with van der Waals surface area (Å²) in [5.41, 5.74) is 2.33. The third-order valence-electron chi connectivity index (χ3n) is 4.33. The van der Waals surface area contributed by atoms with Gasteiger partial charge in [-0.25, -0.2) is 4.68 Å². The lowest BCUT2D eigenvalue weighted by molar-refractivity contribution is 0.0942. The molecule has 1 aromatic carbocycles.